The molecule has 4 aromatic rings. The van der Waals surface area contributed by atoms with Crippen LogP contribution in [0.1, 0.15) is 5.56 Å². The molecule has 0 spiro atoms. The number of carbonyl (C=O) groups is 1. The van der Waals surface area contributed by atoms with E-state index in [1.54, 1.807) is 7.11 Å². The summed E-state index contributed by atoms with van der Waals surface area (Å²) in [7, 11) is 1.60. The van der Waals surface area contributed by atoms with Crippen LogP contribution in [0.3, 0.4) is 0 Å². The minimum absolute atomic E-state index is 0.0942. The van der Waals surface area contributed by atoms with E-state index in [1.165, 1.54) is 0 Å². The summed E-state index contributed by atoms with van der Waals surface area (Å²) in [4.78, 5) is 12.9. The molecule has 0 saturated heterocycles. The fourth-order valence-corrected chi connectivity index (χ4v) is 3.75. The molecule has 3 aromatic carbocycles. The average Bonchev–Trinajstić information content (AvgIpc) is 3.10. The Labute approximate surface area is 161 Å². The lowest BCUT2D eigenvalue weighted by Crippen LogP contribution is -2.32. The first-order valence-corrected chi connectivity index (χ1v) is 9.24. The van der Waals surface area contributed by atoms with Crippen LogP contribution < -0.4 is 14.8 Å². The standard InChI is InChI=1S/C23H19NO4/c1-26-22-11-17-16-7-3-5-9-20(16)28-21(17)12-18(22)24-23(25)15-10-14-6-2-4-8-19(14)27-13-15/h2-9,11-12,15H,10,13H2,1H3,(H,24,25)/t15-/m1/s1. The molecular formula is C23H19NO4. The van der Waals surface area contributed by atoms with Crippen molar-refractivity contribution in [2.24, 2.45) is 5.92 Å². The Balaban J connectivity index is 1.46. The number of carbonyl (C=O) groups excluding carboxylic acids is 1. The first kappa shape index (κ1) is 16.7. The molecule has 0 aliphatic carbocycles. The molecule has 5 heteroatoms. The predicted octanol–water partition coefficient (Wildman–Crippen LogP) is 4.78. The van der Waals surface area contributed by atoms with E-state index in [-0.39, 0.29) is 11.8 Å². The van der Waals surface area contributed by atoms with Crippen molar-refractivity contribution in [2.75, 3.05) is 19.0 Å². The molecule has 1 atom stereocenters. The lowest BCUT2D eigenvalue weighted by molar-refractivity contribution is -0.121. The molecule has 5 nitrogen and oxygen atoms in total. The molecule has 0 bridgehead atoms. The van der Waals surface area contributed by atoms with Crippen LogP contribution in [0.15, 0.2) is 65.1 Å². The lowest BCUT2D eigenvalue weighted by atomic mass is 9.96. The zero-order chi connectivity index (χ0) is 19.1. The first-order chi connectivity index (χ1) is 13.7. The van der Waals surface area contributed by atoms with Gasteiger partial charge in [-0.05, 0) is 30.2 Å². The molecule has 0 saturated carbocycles. The molecule has 140 valence electrons. The summed E-state index contributed by atoms with van der Waals surface area (Å²) in [6, 6.07) is 19.4. The normalized spacial score (nSPS) is 15.8. The second-order valence-corrected chi connectivity index (χ2v) is 6.96. The van der Waals surface area contributed by atoms with Gasteiger partial charge in [0.2, 0.25) is 5.91 Å². The second kappa shape index (κ2) is 6.60. The third-order valence-corrected chi connectivity index (χ3v) is 5.21. The fourth-order valence-electron chi connectivity index (χ4n) is 3.75. The molecule has 0 radical (unpaired) electrons. The van der Waals surface area contributed by atoms with Gasteiger partial charge in [-0.2, -0.15) is 0 Å². The number of hydrogen-bond donors (Lipinski definition) is 1. The average molecular weight is 373 g/mol. The highest BCUT2D eigenvalue weighted by Gasteiger charge is 2.26. The van der Waals surface area contributed by atoms with E-state index in [2.05, 4.69) is 5.32 Å². The van der Waals surface area contributed by atoms with E-state index in [0.717, 1.165) is 27.7 Å². The minimum Gasteiger partial charge on any atom is -0.495 e. The van der Waals surface area contributed by atoms with E-state index in [0.29, 0.717) is 30.0 Å². The van der Waals surface area contributed by atoms with Gasteiger partial charge >= 0.3 is 0 Å². The number of ether oxygens (including phenoxy) is 2. The highest BCUT2D eigenvalue weighted by Crippen LogP contribution is 2.37. The van der Waals surface area contributed by atoms with Crippen molar-refractivity contribution < 1.29 is 18.7 Å². The first-order valence-electron chi connectivity index (χ1n) is 9.24. The number of fused-ring (bicyclic) bond motifs is 4. The number of nitrogens with one attached hydrogen (secondary N) is 1. The lowest BCUT2D eigenvalue weighted by Gasteiger charge is -2.24. The van der Waals surface area contributed by atoms with Crippen LogP contribution in [-0.2, 0) is 11.2 Å². The maximum Gasteiger partial charge on any atom is 0.231 e. The number of rotatable bonds is 3. The molecule has 5 rings (SSSR count). The van der Waals surface area contributed by atoms with Crippen molar-refractivity contribution in [3.05, 3.63) is 66.2 Å². The molecule has 1 amide bonds. The van der Waals surface area contributed by atoms with Crippen LogP contribution in [0.2, 0.25) is 0 Å². The second-order valence-electron chi connectivity index (χ2n) is 6.96. The summed E-state index contributed by atoms with van der Waals surface area (Å²) in [6.45, 7) is 0.359. The van der Waals surface area contributed by atoms with Crippen LogP contribution in [-0.4, -0.2) is 19.6 Å². The minimum atomic E-state index is -0.258. The monoisotopic (exact) mass is 373 g/mol. The third kappa shape index (κ3) is 2.76. The molecule has 1 aromatic heterocycles. The van der Waals surface area contributed by atoms with Gasteiger partial charge in [0.15, 0.2) is 0 Å². The molecule has 0 unspecified atom stereocenters. The molecule has 1 aliphatic heterocycles. The number of anilines is 1. The van der Waals surface area contributed by atoms with Crippen LogP contribution in [0, 0.1) is 5.92 Å². The SMILES string of the molecule is COc1cc2c(cc1NC(=O)[C@H]1COc3ccccc3C1)oc1ccccc12. The van der Waals surface area contributed by atoms with Crippen molar-refractivity contribution in [2.45, 2.75) is 6.42 Å². The smallest absolute Gasteiger partial charge is 0.231 e. The number of hydrogen-bond acceptors (Lipinski definition) is 4. The van der Waals surface area contributed by atoms with Gasteiger partial charge in [-0.1, -0.05) is 36.4 Å². The van der Waals surface area contributed by atoms with E-state index in [4.69, 9.17) is 13.9 Å². The fraction of sp³-hybridized carbons (Fsp3) is 0.174. The largest absolute Gasteiger partial charge is 0.495 e. The van der Waals surface area contributed by atoms with Crippen molar-refractivity contribution in [3.63, 3.8) is 0 Å². The number of benzene rings is 3. The van der Waals surface area contributed by atoms with Crippen LogP contribution >= 0.6 is 0 Å². The maximum atomic E-state index is 12.9. The molecule has 1 aliphatic rings. The van der Waals surface area contributed by atoms with E-state index < -0.39 is 0 Å². The highest BCUT2D eigenvalue weighted by molar-refractivity contribution is 6.07. The van der Waals surface area contributed by atoms with Gasteiger partial charge in [0.1, 0.15) is 29.3 Å². The maximum absolute atomic E-state index is 12.9. The summed E-state index contributed by atoms with van der Waals surface area (Å²) in [6.07, 6.45) is 0.650. The topological polar surface area (TPSA) is 60.7 Å². The zero-order valence-electron chi connectivity index (χ0n) is 15.4. The molecular weight excluding hydrogens is 354 g/mol. The van der Waals surface area contributed by atoms with Crippen molar-refractivity contribution >= 4 is 33.5 Å². The Morgan fingerprint density at radius 2 is 1.86 bits per heavy atom. The van der Waals surface area contributed by atoms with Crippen LogP contribution in [0.4, 0.5) is 5.69 Å². The number of para-hydroxylation sites is 2. The predicted molar refractivity (Wildman–Crippen MR) is 108 cm³/mol. The van der Waals surface area contributed by atoms with Gasteiger partial charge in [0.05, 0.1) is 18.7 Å². The van der Waals surface area contributed by atoms with Gasteiger partial charge in [-0.25, -0.2) is 0 Å². The number of amides is 1. The summed E-state index contributed by atoms with van der Waals surface area (Å²) >= 11 is 0. The van der Waals surface area contributed by atoms with Crippen molar-refractivity contribution in [3.8, 4) is 11.5 Å². The van der Waals surface area contributed by atoms with Gasteiger partial charge in [-0.15, -0.1) is 0 Å². The molecule has 1 N–H and O–H groups in total. The molecule has 2 heterocycles. The number of furan rings is 1. The van der Waals surface area contributed by atoms with Gasteiger partial charge in [0.25, 0.3) is 0 Å². The Morgan fingerprint density at radius 3 is 2.75 bits per heavy atom. The van der Waals surface area contributed by atoms with Gasteiger partial charge < -0.3 is 19.2 Å². The Hall–Kier alpha value is -3.47. The van der Waals surface area contributed by atoms with Crippen LogP contribution in [0.5, 0.6) is 11.5 Å². The molecule has 28 heavy (non-hydrogen) atoms. The van der Waals surface area contributed by atoms with Crippen LogP contribution in [0.25, 0.3) is 21.9 Å². The Morgan fingerprint density at radius 1 is 1.04 bits per heavy atom. The summed E-state index contributed by atoms with van der Waals surface area (Å²) in [5, 5.41) is 4.97. The van der Waals surface area contributed by atoms with Gasteiger partial charge in [0, 0.05) is 16.8 Å². The van der Waals surface area contributed by atoms with E-state index >= 15 is 0 Å². The third-order valence-electron chi connectivity index (χ3n) is 5.21. The summed E-state index contributed by atoms with van der Waals surface area (Å²) < 4.78 is 17.2. The van der Waals surface area contributed by atoms with E-state index in [1.807, 2.05) is 60.7 Å². The van der Waals surface area contributed by atoms with E-state index in [9.17, 15) is 4.79 Å². The quantitative estimate of drug-likeness (QED) is 0.561. The van der Waals surface area contributed by atoms with Crippen molar-refractivity contribution in [1.29, 1.82) is 0 Å². The Kier molecular flexibility index (Phi) is 3.93. The Bertz CT molecular complexity index is 1190. The summed E-state index contributed by atoms with van der Waals surface area (Å²) in [5.41, 5.74) is 3.16. The summed E-state index contributed by atoms with van der Waals surface area (Å²) in [5.74, 6) is 1.10. The zero-order valence-corrected chi connectivity index (χ0v) is 15.4. The molecule has 0 fully saturated rings. The highest BCUT2D eigenvalue weighted by atomic mass is 16.5. The van der Waals surface area contributed by atoms with Crippen molar-refractivity contribution in [1.82, 2.24) is 0 Å². The number of methoxy groups -OCH3 is 1. The van der Waals surface area contributed by atoms with Gasteiger partial charge in [-0.3, -0.25) is 4.79 Å².